The molecule has 1 N–H and O–H groups in total. The van der Waals surface area contributed by atoms with Crippen molar-refractivity contribution >= 4 is 5.69 Å². The van der Waals surface area contributed by atoms with Crippen molar-refractivity contribution in [2.75, 3.05) is 0 Å². The quantitative estimate of drug-likeness (QED) is 0.641. The maximum Gasteiger partial charge on any atom is 0.269 e. The van der Waals surface area contributed by atoms with Gasteiger partial charge in [-0.05, 0) is 45.1 Å². The Hall–Kier alpha value is -1.42. The van der Waals surface area contributed by atoms with Crippen molar-refractivity contribution < 1.29 is 4.92 Å². The monoisotopic (exact) mass is 248 g/mol. The van der Waals surface area contributed by atoms with Crippen LogP contribution in [0.1, 0.15) is 45.2 Å². The van der Waals surface area contributed by atoms with Gasteiger partial charge in [0.25, 0.3) is 5.69 Å². The first kappa shape index (κ1) is 13.0. The predicted molar refractivity (Wildman–Crippen MR) is 71.5 cm³/mol. The minimum atomic E-state index is -0.365. The van der Waals surface area contributed by atoms with E-state index in [4.69, 9.17) is 0 Å². The molecule has 0 bridgehead atoms. The van der Waals surface area contributed by atoms with Crippen LogP contribution in [0.15, 0.2) is 24.3 Å². The van der Waals surface area contributed by atoms with Gasteiger partial charge in [0.1, 0.15) is 0 Å². The molecule has 0 spiro atoms. The van der Waals surface area contributed by atoms with Crippen molar-refractivity contribution in [1.82, 2.24) is 5.32 Å². The highest BCUT2D eigenvalue weighted by Crippen LogP contribution is 2.40. The molecule has 1 aliphatic rings. The van der Waals surface area contributed by atoms with E-state index in [0.717, 1.165) is 11.5 Å². The number of hydrogen-bond acceptors (Lipinski definition) is 3. The van der Waals surface area contributed by atoms with Crippen LogP contribution in [0.4, 0.5) is 5.69 Å². The van der Waals surface area contributed by atoms with E-state index in [1.54, 1.807) is 12.1 Å². The summed E-state index contributed by atoms with van der Waals surface area (Å²) in [6.45, 7) is 6.56. The van der Waals surface area contributed by atoms with Gasteiger partial charge in [-0.1, -0.05) is 12.1 Å². The molecule has 4 nitrogen and oxygen atoms in total. The third-order valence-electron chi connectivity index (χ3n) is 3.79. The highest BCUT2D eigenvalue weighted by Gasteiger charge is 2.38. The van der Waals surface area contributed by atoms with E-state index in [2.05, 4.69) is 26.1 Å². The fourth-order valence-electron chi connectivity index (χ4n) is 2.45. The molecule has 1 aliphatic carbocycles. The lowest BCUT2D eigenvalue weighted by atomic mass is 9.96. The topological polar surface area (TPSA) is 55.2 Å². The van der Waals surface area contributed by atoms with Crippen LogP contribution in [0.3, 0.4) is 0 Å². The zero-order valence-corrected chi connectivity index (χ0v) is 11.1. The molecule has 1 aromatic carbocycles. The number of nitro benzene ring substituents is 1. The highest BCUT2D eigenvalue weighted by atomic mass is 16.6. The average molecular weight is 248 g/mol. The minimum absolute atomic E-state index is 0.140. The molecule has 0 radical (unpaired) electrons. The van der Waals surface area contributed by atoms with Gasteiger partial charge in [-0.2, -0.15) is 0 Å². The summed E-state index contributed by atoms with van der Waals surface area (Å²) in [7, 11) is 0. The summed E-state index contributed by atoms with van der Waals surface area (Å²) in [6, 6.07) is 7.01. The molecule has 0 amide bonds. The van der Waals surface area contributed by atoms with Crippen molar-refractivity contribution in [3.63, 3.8) is 0 Å². The normalized spacial score (nSPS) is 17.5. The first-order chi connectivity index (χ1) is 8.40. The lowest BCUT2D eigenvalue weighted by molar-refractivity contribution is -0.384. The van der Waals surface area contributed by atoms with Crippen LogP contribution in [-0.2, 0) is 0 Å². The molecule has 0 heterocycles. The summed E-state index contributed by atoms with van der Waals surface area (Å²) in [5.41, 5.74) is 1.38. The Balaban J connectivity index is 2.04. The molecule has 0 saturated heterocycles. The van der Waals surface area contributed by atoms with Crippen LogP contribution >= 0.6 is 0 Å². The van der Waals surface area contributed by atoms with E-state index in [0.29, 0.717) is 0 Å². The Morgan fingerprint density at radius 3 is 2.33 bits per heavy atom. The van der Waals surface area contributed by atoms with Gasteiger partial charge < -0.3 is 5.32 Å². The van der Waals surface area contributed by atoms with Gasteiger partial charge in [-0.3, -0.25) is 10.1 Å². The molecule has 1 atom stereocenters. The second kappa shape index (κ2) is 4.69. The van der Waals surface area contributed by atoms with Gasteiger partial charge in [0, 0.05) is 23.7 Å². The van der Waals surface area contributed by atoms with Crippen LogP contribution in [-0.4, -0.2) is 10.5 Å². The van der Waals surface area contributed by atoms with Crippen LogP contribution in [0.25, 0.3) is 0 Å². The first-order valence-corrected chi connectivity index (χ1v) is 6.42. The smallest absolute Gasteiger partial charge is 0.269 e. The molecule has 1 aromatic rings. The summed E-state index contributed by atoms with van der Waals surface area (Å²) >= 11 is 0. The molecular weight excluding hydrogens is 228 g/mol. The van der Waals surface area contributed by atoms with Gasteiger partial charge in [-0.25, -0.2) is 0 Å². The predicted octanol–water partition coefficient (Wildman–Crippen LogP) is 3.43. The number of rotatable bonds is 5. The van der Waals surface area contributed by atoms with Crippen molar-refractivity contribution in [2.45, 2.75) is 45.2 Å². The number of nitrogens with zero attached hydrogens (tertiary/aromatic N) is 1. The molecule has 1 fully saturated rings. The fraction of sp³-hybridized carbons (Fsp3) is 0.571. The summed E-state index contributed by atoms with van der Waals surface area (Å²) < 4.78 is 0. The Morgan fingerprint density at radius 2 is 1.89 bits per heavy atom. The summed E-state index contributed by atoms with van der Waals surface area (Å²) in [5.74, 6) is 0.762. The second-order valence-corrected chi connectivity index (χ2v) is 5.71. The Morgan fingerprint density at radius 1 is 1.33 bits per heavy atom. The van der Waals surface area contributed by atoms with Crippen molar-refractivity contribution in [2.24, 2.45) is 5.92 Å². The summed E-state index contributed by atoms with van der Waals surface area (Å²) in [6.07, 6.45) is 2.60. The summed E-state index contributed by atoms with van der Waals surface area (Å²) in [5, 5.41) is 14.2. The second-order valence-electron chi connectivity index (χ2n) is 5.71. The maximum absolute atomic E-state index is 10.6. The Labute approximate surface area is 108 Å². The molecule has 4 heteroatoms. The molecule has 0 aliphatic heterocycles. The molecule has 1 unspecified atom stereocenters. The SMILES string of the molecule is CC(NC(C)(C)C1CC1)c1ccc([N+](=O)[O-])cc1. The standard InChI is InChI=1S/C14H20N2O2/c1-10(15-14(2,3)12-6-7-12)11-4-8-13(9-5-11)16(17)18/h4-5,8-10,12,15H,6-7H2,1-3H3. The number of non-ortho nitro benzene ring substituents is 1. The van der Waals surface area contributed by atoms with E-state index in [9.17, 15) is 10.1 Å². The Bertz CT molecular complexity index is 436. The van der Waals surface area contributed by atoms with Crippen molar-refractivity contribution in [3.05, 3.63) is 39.9 Å². The van der Waals surface area contributed by atoms with Gasteiger partial charge in [0.2, 0.25) is 0 Å². The fourth-order valence-corrected chi connectivity index (χ4v) is 2.45. The van der Waals surface area contributed by atoms with Gasteiger partial charge in [0.05, 0.1) is 4.92 Å². The van der Waals surface area contributed by atoms with E-state index >= 15 is 0 Å². The third kappa shape index (κ3) is 2.88. The zero-order chi connectivity index (χ0) is 13.3. The number of benzene rings is 1. The van der Waals surface area contributed by atoms with Gasteiger partial charge in [-0.15, -0.1) is 0 Å². The largest absolute Gasteiger partial charge is 0.305 e. The molecular formula is C14H20N2O2. The number of nitro groups is 1. The van der Waals surface area contributed by atoms with E-state index in [1.807, 2.05) is 12.1 Å². The van der Waals surface area contributed by atoms with Crippen molar-refractivity contribution in [1.29, 1.82) is 0 Å². The Kier molecular flexibility index (Phi) is 3.39. The van der Waals surface area contributed by atoms with Gasteiger partial charge >= 0.3 is 0 Å². The van der Waals surface area contributed by atoms with Crippen LogP contribution < -0.4 is 5.32 Å². The lowest BCUT2D eigenvalue weighted by Gasteiger charge is -2.30. The van der Waals surface area contributed by atoms with E-state index < -0.39 is 0 Å². The molecule has 0 aromatic heterocycles. The lowest BCUT2D eigenvalue weighted by Crippen LogP contribution is -2.42. The van der Waals surface area contributed by atoms with E-state index in [-0.39, 0.29) is 22.2 Å². The third-order valence-corrected chi connectivity index (χ3v) is 3.79. The van der Waals surface area contributed by atoms with Crippen LogP contribution in [0.2, 0.25) is 0 Å². The van der Waals surface area contributed by atoms with E-state index in [1.165, 1.54) is 12.8 Å². The average Bonchev–Trinajstić information content (AvgIpc) is 3.12. The molecule has 1 saturated carbocycles. The van der Waals surface area contributed by atoms with Crippen LogP contribution in [0, 0.1) is 16.0 Å². The number of hydrogen-bond donors (Lipinski definition) is 1. The van der Waals surface area contributed by atoms with Gasteiger partial charge in [0.15, 0.2) is 0 Å². The zero-order valence-electron chi connectivity index (χ0n) is 11.1. The maximum atomic E-state index is 10.6. The highest BCUT2D eigenvalue weighted by molar-refractivity contribution is 5.34. The molecule has 2 rings (SSSR count). The first-order valence-electron chi connectivity index (χ1n) is 6.42. The minimum Gasteiger partial charge on any atom is -0.305 e. The molecule has 98 valence electrons. The summed E-state index contributed by atoms with van der Waals surface area (Å²) in [4.78, 5) is 10.2. The van der Waals surface area contributed by atoms with Crippen LogP contribution in [0.5, 0.6) is 0 Å². The molecule has 18 heavy (non-hydrogen) atoms. The number of nitrogens with one attached hydrogen (secondary N) is 1. The van der Waals surface area contributed by atoms with Crippen molar-refractivity contribution in [3.8, 4) is 0 Å².